The predicted molar refractivity (Wildman–Crippen MR) is 305 cm³/mol. The number of rotatable bonds is 53. The van der Waals surface area contributed by atoms with Crippen molar-refractivity contribution in [3.63, 3.8) is 0 Å². The number of quaternary nitrogens is 1. The van der Waals surface area contributed by atoms with Crippen LogP contribution in [0.5, 0.6) is 0 Å². The van der Waals surface area contributed by atoms with Gasteiger partial charge in [-0.1, -0.05) is 217 Å². The van der Waals surface area contributed by atoms with Crippen LogP contribution in [-0.4, -0.2) is 74.3 Å². The lowest BCUT2D eigenvalue weighted by atomic mass is 10.1. The number of nitrogens with zero attached hydrogens (tertiary/aromatic N) is 1. The number of allylic oxidation sites excluding steroid dienone is 9. The first kappa shape index (κ1) is 68.7. The number of carbonyl (C=O) groups is 2. The Morgan fingerprint density at radius 3 is 1.34 bits per heavy atom. The number of phosphoric acid groups is 1. The fourth-order valence-corrected chi connectivity index (χ4v) is 9.03. The molecule has 0 fully saturated rings. The Labute approximate surface area is 439 Å². The van der Waals surface area contributed by atoms with Crippen molar-refractivity contribution >= 4 is 19.7 Å². The lowest BCUT2D eigenvalue weighted by molar-refractivity contribution is -0.870. The van der Waals surface area contributed by atoms with Crippen LogP contribution in [0.15, 0.2) is 60.8 Å². The molecule has 0 radical (unpaired) electrons. The van der Waals surface area contributed by atoms with Gasteiger partial charge in [0, 0.05) is 12.8 Å². The van der Waals surface area contributed by atoms with Crippen molar-refractivity contribution in [2.75, 3.05) is 40.9 Å². The van der Waals surface area contributed by atoms with Crippen LogP contribution in [0.2, 0.25) is 0 Å². The highest BCUT2D eigenvalue weighted by Gasteiger charge is 2.30. The van der Waals surface area contributed by atoms with Crippen molar-refractivity contribution in [3.8, 4) is 0 Å². The first-order valence-electron chi connectivity index (χ1n) is 29.6. The molecule has 2 N–H and O–H groups in total. The molecule has 1 amide bonds. The summed E-state index contributed by atoms with van der Waals surface area (Å²) in [6.07, 6.45) is 63.5. The van der Waals surface area contributed by atoms with E-state index in [-0.39, 0.29) is 31.5 Å². The maximum Gasteiger partial charge on any atom is 0.472 e. The summed E-state index contributed by atoms with van der Waals surface area (Å²) in [5.41, 5.74) is 0. The first-order chi connectivity index (χ1) is 34.4. The summed E-state index contributed by atoms with van der Waals surface area (Å²) in [6, 6.07) is -0.857. The Bertz CT molecular complexity index is 1400. The van der Waals surface area contributed by atoms with Gasteiger partial charge in [0.2, 0.25) is 5.91 Å². The summed E-state index contributed by atoms with van der Waals surface area (Å²) in [7, 11) is 1.48. The van der Waals surface area contributed by atoms with Gasteiger partial charge in [-0.15, -0.1) is 0 Å². The van der Waals surface area contributed by atoms with Crippen LogP contribution in [0.4, 0.5) is 0 Å². The number of likely N-dealkylation sites (N-methyl/N-ethyl adjacent to an activating group) is 1. The van der Waals surface area contributed by atoms with E-state index in [9.17, 15) is 19.0 Å². The van der Waals surface area contributed by atoms with Crippen molar-refractivity contribution < 1.29 is 37.3 Å². The molecular formula is C61H114N2O7P+. The molecule has 0 heterocycles. The third-order valence-electron chi connectivity index (χ3n) is 12.9. The predicted octanol–water partition coefficient (Wildman–Crippen LogP) is 17.9. The molecule has 0 spiro atoms. The summed E-state index contributed by atoms with van der Waals surface area (Å²) in [4.78, 5) is 37.6. The minimum Gasteiger partial charge on any atom is -0.456 e. The third-order valence-corrected chi connectivity index (χ3v) is 13.9. The second-order valence-corrected chi connectivity index (χ2v) is 22.6. The first-order valence-corrected chi connectivity index (χ1v) is 31.1. The average molecular weight is 1020 g/mol. The molecule has 0 rings (SSSR count). The van der Waals surface area contributed by atoms with Crippen LogP contribution in [0, 0.1) is 0 Å². The Morgan fingerprint density at radius 2 is 0.859 bits per heavy atom. The number of carbonyl (C=O) groups excluding carboxylic acids is 2. The van der Waals surface area contributed by atoms with Gasteiger partial charge < -0.3 is 19.4 Å². The molecule has 3 atom stereocenters. The van der Waals surface area contributed by atoms with Crippen molar-refractivity contribution in [2.24, 2.45) is 0 Å². The van der Waals surface area contributed by atoms with E-state index in [1.54, 1.807) is 0 Å². The SMILES string of the molecule is CCCCC/C=C\C/C=C\C/C=C\CCCCCCCCC(=O)NC(COP(=O)(O)OCC[N+](C)(C)C)C(/C=C\CCCCCCCCCCC)OC(=O)CCCCCCCCC/C=C\CCCCCC. The van der Waals surface area contributed by atoms with E-state index in [0.717, 1.165) is 96.3 Å². The molecule has 0 saturated heterocycles. The summed E-state index contributed by atoms with van der Waals surface area (Å²) in [6.45, 7) is 6.96. The summed E-state index contributed by atoms with van der Waals surface area (Å²) in [5, 5.41) is 3.04. The number of phosphoric ester groups is 1. The quantitative estimate of drug-likeness (QED) is 0.0205. The highest BCUT2D eigenvalue weighted by molar-refractivity contribution is 7.47. The van der Waals surface area contributed by atoms with Crippen molar-refractivity contribution in [1.82, 2.24) is 5.32 Å². The minimum absolute atomic E-state index is 0.0355. The fourth-order valence-electron chi connectivity index (χ4n) is 8.29. The maximum absolute atomic E-state index is 13.5. The van der Waals surface area contributed by atoms with Crippen molar-refractivity contribution in [1.29, 1.82) is 0 Å². The third kappa shape index (κ3) is 52.4. The number of nitrogens with one attached hydrogen (secondary N) is 1. The molecule has 10 heteroatoms. The van der Waals surface area contributed by atoms with Gasteiger partial charge in [-0.05, 0) is 96.0 Å². The Hall–Kier alpha value is -2.29. The smallest absolute Gasteiger partial charge is 0.456 e. The molecule has 0 bridgehead atoms. The highest BCUT2D eigenvalue weighted by atomic mass is 31.2. The Balaban J connectivity index is 5.30. The van der Waals surface area contributed by atoms with E-state index in [0.29, 0.717) is 17.4 Å². The Morgan fingerprint density at radius 1 is 0.493 bits per heavy atom. The minimum atomic E-state index is -4.45. The summed E-state index contributed by atoms with van der Waals surface area (Å²) in [5.74, 6) is -0.523. The normalized spacial score (nSPS) is 14.2. The monoisotopic (exact) mass is 1020 g/mol. The molecule has 0 aromatic carbocycles. The summed E-state index contributed by atoms with van der Waals surface area (Å²) >= 11 is 0. The van der Waals surface area contributed by atoms with E-state index in [4.69, 9.17) is 13.8 Å². The van der Waals surface area contributed by atoms with Gasteiger partial charge in [0.1, 0.15) is 19.3 Å². The van der Waals surface area contributed by atoms with Gasteiger partial charge >= 0.3 is 13.8 Å². The zero-order valence-corrected chi connectivity index (χ0v) is 48.1. The number of hydrogen-bond acceptors (Lipinski definition) is 6. The molecule has 0 aromatic heterocycles. The van der Waals surface area contributed by atoms with E-state index in [1.807, 2.05) is 33.3 Å². The highest BCUT2D eigenvalue weighted by Crippen LogP contribution is 2.43. The molecule has 0 saturated carbocycles. The molecule has 414 valence electrons. The average Bonchev–Trinajstić information content (AvgIpc) is 3.33. The second-order valence-electron chi connectivity index (χ2n) is 21.2. The van der Waals surface area contributed by atoms with E-state index >= 15 is 0 Å². The molecule has 0 aliphatic carbocycles. The van der Waals surface area contributed by atoms with E-state index in [2.05, 4.69) is 74.7 Å². The van der Waals surface area contributed by atoms with Crippen LogP contribution in [-0.2, 0) is 27.9 Å². The summed E-state index contributed by atoms with van der Waals surface area (Å²) < 4.78 is 30.6. The largest absolute Gasteiger partial charge is 0.472 e. The zero-order chi connectivity index (χ0) is 52.2. The van der Waals surface area contributed by atoms with Crippen molar-refractivity contribution in [2.45, 2.75) is 277 Å². The number of unbranched alkanes of at least 4 members (excludes halogenated alkanes) is 29. The van der Waals surface area contributed by atoms with Crippen molar-refractivity contribution in [3.05, 3.63) is 60.8 Å². The fraction of sp³-hybridized carbons (Fsp3) is 0.803. The Kier molecular flexibility index (Phi) is 49.6. The lowest BCUT2D eigenvalue weighted by Gasteiger charge is -2.27. The van der Waals surface area contributed by atoms with Crippen LogP contribution in [0.25, 0.3) is 0 Å². The van der Waals surface area contributed by atoms with Crippen LogP contribution >= 0.6 is 7.82 Å². The molecule has 71 heavy (non-hydrogen) atoms. The number of esters is 1. The van der Waals surface area contributed by atoms with E-state index < -0.39 is 20.0 Å². The van der Waals surface area contributed by atoms with Gasteiger partial charge in [-0.3, -0.25) is 18.6 Å². The van der Waals surface area contributed by atoms with Gasteiger partial charge in [0.15, 0.2) is 0 Å². The maximum atomic E-state index is 13.5. The number of hydrogen-bond donors (Lipinski definition) is 2. The standard InChI is InChI=1S/C61H113N2O7P/c1-7-10-13-16-19-22-25-27-29-30-31-32-34-35-38-41-44-47-50-53-60(64)62-58(57-69-71(66,67)68-56-55-63(4,5)6)59(52-49-46-43-40-37-24-21-18-15-12-9-3)70-61(65)54-51-48-45-42-39-36-33-28-26-23-20-17-14-11-8-2/h19,22-23,26-27,29,31-32,49,52,58-59H,7-18,20-21,24-25,28,30,33-48,50-51,53-57H2,1-6H3,(H-,62,64,66,67)/p+1/b22-19-,26-23-,29-27-,32-31-,52-49-. The van der Waals surface area contributed by atoms with Gasteiger partial charge in [0.25, 0.3) is 0 Å². The topological polar surface area (TPSA) is 111 Å². The van der Waals surface area contributed by atoms with Crippen LogP contribution < -0.4 is 5.32 Å². The van der Waals surface area contributed by atoms with Gasteiger partial charge in [-0.2, -0.15) is 0 Å². The molecule has 9 nitrogen and oxygen atoms in total. The number of amides is 1. The molecule has 0 aliphatic rings. The number of ether oxygens (including phenoxy) is 1. The van der Waals surface area contributed by atoms with Gasteiger partial charge in [0.05, 0.1) is 33.8 Å². The molecular weight excluding hydrogens is 904 g/mol. The van der Waals surface area contributed by atoms with Crippen LogP contribution in [0.3, 0.4) is 0 Å². The molecule has 0 aromatic rings. The van der Waals surface area contributed by atoms with Crippen LogP contribution in [0.1, 0.15) is 265 Å². The van der Waals surface area contributed by atoms with Gasteiger partial charge in [-0.25, -0.2) is 4.57 Å². The zero-order valence-electron chi connectivity index (χ0n) is 47.2. The second kappa shape index (κ2) is 51.2. The lowest BCUT2D eigenvalue weighted by Crippen LogP contribution is -2.47. The van der Waals surface area contributed by atoms with E-state index in [1.165, 1.54) is 135 Å². The molecule has 3 unspecified atom stereocenters. The molecule has 0 aliphatic heterocycles.